The fraction of sp³-hybridized carbons (Fsp3) is 0.316. The number of benzene rings is 1. The highest BCUT2D eigenvalue weighted by Crippen LogP contribution is 2.20. The van der Waals surface area contributed by atoms with E-state index in [-0.39, 0.29) is 23.7 Å². The molecule has 1 unspecified atom stereocenters. The maximum Gasteiger partial charge on any atom is 0.267 e. The van der Waals surface area contributed by atoms with Gasteiger partial charge in [0.25, 0.3) is 11.5 Å². The van der Waals surface area contributed by atoms with Gasteiger partial charge in [0, 0.05) is 6.07 Å². The smallest absolute Gasteiger partial charge is 0.267 e. The van der Waals surface area contributed by atoms with Crippen LogP contribution >= 0.6 is 0 Å². The summed E-state index contributed by atoms with van der Waals surface area (Å²) in [6.45, 7) is 1.61. The minimum atomic E-state index is -0.799. The lowest BCUT2D eigenvalue weighted by atomic mass is 10.2. The quantitative estimate of drug-likeness (QED) is 0.883. The van der Waals surface area contributed by atoms with E-state index >= 15 is 0 Å². The van der Waals surface area contributed by atoms with Crippen molar-refractivity contribution in [3.05, 3.63) is 58.0 Å². The summed E-state index contributed by atoms with van der Waals surface area (Å²) >= 11 is 0. The van der Waals surface area contributed by atoms with Crippen molar-refractivity contribution in [3.63, 3.8) is 0 Å². The van der Waals surface area contributed by atoms with Gasteiger partial charge in [-0.3, -0.25) is 14.4 Å². The summed E-state index contributed by atoms with van der Waals surface area (Å²) in [5.41, 5.74) is 2.18. The number of fused-ring (bicyclic) bond motifs is 1. The first-order valence-electron chi connectivity index (χ1n) is 8.91. The normalized spacial score (nSPS) is 16.9. The third kappa shape index (κ3) is 3.25. The van der Waals surface area contributed by atoms with Crippen LogP contribution in [0, 0.1) is 0 Å². The largest absolute Gasteiger partial charge is 0.310 e. The molecule has 2 aliphatic rings. The molecule has 4 rings (SSSR count). The molecule has 1 aromatic carbocycles. The van der Waals surface area contributed by atoms with E-state index in [4.69, 9.17) is 0 Å². The molecule has 8 heteroatoms. The fourth-order valence-electron chi connectivity index (χ4n) is 3.32. The van der Waals surface area contributed by atoms with Crippen LogP contribution in [0.3, 0.4) is 0 Å². The summed E-state index contributed by atoms with van der Waals surface area (Å²) in [5, 5.41) is 12.5. The van der Waals surface area contributed by atoms with Crippen LogP contribution in [0.25, 0.3) is 0 Å². The molecule has 0 bridgehead atoms. The maximum absolute atomic E-state index is 12.6. The first-order chi connectivity index (χ1) is 13.0. The Morgan fingerprint density at radius 3 is 2.74 bits per heavy atom. The number of carbonyl (C=O) groups excluding carboxylic acids is 2. The molecule has 1 aliphatic carbocycles. The predicted molar refractivity (Wildman–Crippen MR) is 99.4 cm³/mol. The number of aryl methyl sites for hydroxylation is 2. The van der Waals surface area contributed by atoms with E-state index in [0.29, 0.717) is 5.69 Å². The number of hydrazone groups is 1. The molecule has 1 atom stereocenters. The average molecular weight is 365 g/mol. The van der Waals surface area contributed by atoms with E-state index in [1.165, 1.54) is 9.69 Å². The van der Waals surface area contributed by atoms with Gasteiger partial charge in [-0.05, 0) is 43.9 Å². The van der Waals surface area contributed by atoms with E-state index in [9.17, 15) is 14.4 Å². The number of rotatable bonds is 3. The summed E-state index contributed by atoms with van der Waals surface area (Å²) in [6, 6.07) is 9.76. The molecular weight excluding hydrogens is 346 g/mol. The topological polar surface area (TPSA) is 96.7 Å². The highest BCUT2D eigenvalue weighted by atomic mass is 16.2. The van der Waals surface area contributed by atoms with E-state index in [1.54, 1.807) is 25.1 Å². The van der Waals surface area contributed by atoms with Crippen molar-refractivity contribution in [1.29, 1.82) is 0 Å². The molecule has 27 heavy (non-hydrogen) atoms. The van der Waals surface area contributed by atoms with Gasteiger partial charge in [-0.2, -0.15) is 15.2 Å². The third-order valence-electron chi connectivity index (χ3n) is 4.77. The molecule has 138 valence electrons. The standard InChI is InChI=1S/C19H19N5O3/c1-12(23-17(25)10-13-6-5-9-15(13)21-23)19(27)20-16-11-18(26)24(22-16)14-7-3-2-4-8-14/h2-4,7-8,10,12H,5-6,9,11H2,1H3,(H,20,22,27). The second-order valence-electron chi connectivity index (χ2n) is 6.68. The van der Waals surface area contributed by atoms with Crippen molar-refractivity contribution in [2.24, 2.45) is 5.10 Å². The second kappa shape index (κ2) is 6.79. The average Bonchev–Trinajstić information content (AvgIpc) is 3.26. The molecule has 0 fully saturated rings. The monoisotopic (exact) mass is 365 g/mol. The number of para-hydroxylation sites is 1. The minimum Gasteiger partial charge on any atom is -0.310 e. The lowest BCUT2D eigenvalue weighted by Crippen LogP contribution is -2.39. The van der Waals surface area contributed by atoms with Crippen LogP contribution in [0.1, 0.15) is 37.1 Å². The van der Waals surface area contributed by atoms with Gasteiger partial charge in [-0.25, -0.2) is 4.68 Å². The summed E-state index contributed by atoms with van der Waals surface area (Å²) in [4.78, 5) is 37.0. The molecule has 1 N–H and O–H groups in total. The number of aromatic nitrogens is 2. The number of carbonyl (C=O) groups is 2. The third-order valence-corrected chi connectivity index (χ3v) is 4.77. The number of hydrogen-bond donors (Lipinski definition) is 1. The number of anilines is 1. The number of amidine groups is 1. The van der Waals surface area contributed by atoms with Crippen LogP contribution in [0.15, 0.2) is 46.3 Å². The molecule has 0 saturated carbocycles. The van der Waals surface area contributed by atoms with Gasteiger partial charge in [-0.1, -0.05) is 18.2 Å². The number of nitrogens with zero attached hydrogens (tertiary/aromatic N) is 4. The Labute approximate surface area is 155 Å². The zero-order valence-electron chi connectivity index (χ0n) is 14.9. The van der Waals surface area contributed by atoms with Gasteiger partial charge in [0.1, 0.15) is 11.9 Å². The summed E-state index contributed by atoms with van der Waals surface area (Å²) in [5.74, 6) is -0.393. The van der Waals surface area contributed by atoms with Crippen LogP contribution in [0.4, 0.5) is 5.69 Å². The molecule has 0 spiro atoms. The Morgan fingerprint density at radius 1 is 1.19 bits per heavy atom. The Hall–Kier alpha value is -3.29. The van der Waals surface area contributed by atoms with E-state index in [0.717, 1.165) is 30.5 Å². The first kappa shape index (κ1) is 17.1. The predicted octanol–water partition coefficient (Wildman–Crippen LogP) is 1.16. The molecule has 2 aromatic rings. The second-order valence-corrected chi connectivity index (χ2v) is 6.68. The van der Waals surface area contributed by atoms with E-state index < -0.39 is 11.9 Å². The highest BCUT2D eigenvalue weighted by molar-refractivity contribution is 6.16. The maximum atomic E-state index is 12.6. The first-order valence-corrected chi connectivity index (χ1v) is 8.91. The molecule has 0 saturated heterocycles. The van der Waals surface area contributed by atoms with Crippen molar-refractivity contribution < 1.29 is 9.59 Å². The van der Waals surface area contributed by atoms with Gasteiger partial charge in [0.2, 0.25) is 5.91 Å². The molecular formula is C19H19N5O3. The Kier molecular flexibility index (Phi) is 4.31. The van der Waals surface area contributed by atoms with Crippen LogP contribution < -0.4 is 15.9 Å². The molecule has 1 aliphatic heterocycles. The summed E-state index contributed by atoms with van der Waals surface area (Å²) < 4.78 is 1.20. The lowest BCUT2D eigenvalue weighted by Gasteiger charge is -2.14. The highest BCUT2D eigenvalue weighted by Gasteiger charge is 2.28. The molecule has 8 nitrogen and oxygen atoms in total. The Balaban J connectivity index is 1.51. The lowest BCUT2D eigenvalue weighted by molar-refractivity contribution is -0.122. The van der Waals surface area contributed by atoms with Crippen molar-refractivity contribution >= 4 is 23.3 Å². The number of hydrogen-bond acceptors (Lipinski definition) is 5. The summed E-state index contributed by atoms with van der Waals surface area (Å²) in [7, 11) is 0. The van der Waals surface area contributed by atoms with Gasteiger partial charge < -0.3 is 5.32 Å². The SMILES string of the molecule is CC(C(=O)NC1=NN(c2ccccc2)C(=O)C1)n1nc2c(cc1=O)CCC2. The van der Waals surface area contributed by atoms with Gasteiger partial charge >= 0.3 is 0 Å². The Morgan fingerprint density at radius 2 is 1.96 bits per heavy atom. The summed E-state index contributed by atoms with van der Waals surface area (Å²) in [6.07, 6.45) is 2.64. The number of amides is 2. The zero-order valence-corrected chi connectivity index (χ0v) is 14.9. The molecule has 1 aromatic heterocycles. The molecule has 2 amide bonds. The Bertz CT molecular complexity index is 996. The van der Waals surface area contributed by atoms with E-state index in [1.807, 2.05) is 18.2 Å². The van der Waals surface area contributed by atoms with Gasteiger partial charge in [0.15, 0.2) is 0 Å². The van der Waals surface area contributed by atoms with Crippen molar-refractivity contribution in [3.8, 4) is 0 Å². The van der Waals surface area contributed by atoms with Crippen LogP contribution in [-0.4, -0.2) is 27.4 Å². The fourth-order valence-corrected chi connectivity index (χ4v) is 3.32. The zero-order chi connectivity index (χ0) is 19.0. The van der Waals surface area contributed by atoms with Gasteiger partial charge in [-0.15, -0.1) is 0 Å². The van der Waals surface area contributed by atoms with E-state index in [2.05, 4.69) is 15.5 Å². The minimum absolute atomic E-state index is 0.000129. The van der Waals surface area contributed by atoms with Crippen LogP contribution in [0.5, 0.6) is 0 Å². The van der Waals surface area contributed by atoms with Crippen molar-refractivity contribution in [2.75, 3.05) is 5.01 Å². The molecule has 0 radical (unpaired) electrons. The molecule has 2 heterocycles. The van der Waals surface area contributed by atoms with Crippen LogP contribution in [-0.2, 0) is 22.4 Å². The van der Waals surface area contributed by atoms with Crippen molar-refractivity contribution in [1.82, 2.24) is 15.1 Å². The number of nitrogens with one attached hydrogen (secondary N) is 1. The van der Waals surface area contributed by atoms with Crippen LogP contribution in [0.2, 0.25) is 0 Å². The van der Waals surface area contributed by atoms with Gasteiger partial charge in [0.05, 0.1) is 17.8 Å². The van der Waals surface area contributed by atoms with Crippen molar-refractivity contribution in [2.45, 2.75) is 38.6 Å².